The van der Waals surface area contributed by atoms with Crippen LogP contribution in [0.2, 0.25) is 0 Å². The molecule has 2 aliphatic carbocycles. The SMILES string of the molecule is C=C[C@]12CCC3(OCCO3)[C@H](C=C1CCCO)C2. The van der Waals surface area contributed by atoms with Crippen LogP contribution in [0.4, 0.5) is 0 Å². The Morgan fingerprint density at radius 2 is 2.17 bits per heavy atom. The Morgan fingerprint density at radius 1 is 1.39 bits per heavy atom. The van der Waals surface area contributed by atoms with E-state index in [0.29, 0.717) is 5.92 Å². The molecule has 3 nitrogen and oxygen atoms in total. The van der Waals surface area contributed by atoms with Crippen LogP contribution in [0.5, 0.6) is 0 Å². The fourth-order valence-electron chi connectivity index (χ4n) is 3.87. The number of aliphatic hydroxyl groups excluding tert-OH is 1. The minimum absolute atomic E-state index is 0.139. The third-order valence-electron chi connectivity index (χ3n) is 4.88. The van der Waals surface area contributed by atoms with Gasteiger partial charge in [0.1, 0.15) is 0 Å². The highest BCUT2D eigenvalue weighted by Crippen LogP contribution is 2.58. The number of ether oxygens (including phenoxy) is 2. The number of rotatable bonds is 4. The van der Waals surface area contributed by atoms with Gasteiger partial charge >= 0.3 is 0 Å². The van der Waals surface area contributed by atoms with E-state index in [0.717, 1.165) is 45.3 Å². The van der Waals surface area contributed by atoms with E-state index in [4.69, 9.17) is 14.6 Å². The van der Waals surface area contributed by atoms with Crippen molar-refractivity contribution in [3.63, 3.8) is 0 Å². The van der Waals surface area contributed by atoms with Crippen LogP contribution in [0, 0.1) is 11.3 Å². The summed E-state index contributed by atoms with van der Waals surface area (Å²) in [5, 5.41) is 9.03. The Kier molecular flexibility index (Phi) is 3.08. The van der Waals surface area contributed by atoms with Gasteiger partial charge in [0.25, 0.3) is 0 Å². The zero-order valence-electron chi connectivity index (χ0n) is 10.9. The summed E-state index contributed by atoms with van der Waals surface area (Å²) in [6, 6.07) is 0. The molecule has 1 heterocycles. The quantitative estimate of drug-likeness (QED) is 0.779. The summed E-state index contributed by atoms with van der Waals surface area (Å²) < 4.78 is 11.8. The lowest BCUT2D eigenvalue weighted by Crippen LogP contribution is -2.43. The summed E-state index contributed by atoms with van der Waals surface area (Å²) in [4.78, 5) is 0. The predicted octanol–water partition coefficient (Wildman–Crippen LogP) is 2.41. The van der Waals surface area contributed by atoms with Crippen LogP contribution in [0.1, 0.15) is 32.1 Å². The van der Waals surface area contributed by atoms with Gasteiger partial charge in [0, 0.05) is 24.4 Å². The van der Waals surface area contributed by atoms with Crippen molar-refractivity contribution in [1.82, 2.24) is 0 Å². The first-order valence-electron chi connectivity index (χ1n) is 6.98. The molecule has 1 spiro atoms. The van der Waals surface area contributed by atoms with Gasteiger partial charge in [0.05, 0.1) is 13.2 Å². The summed E-state index contributed by atoms with van der Waals surface area (Å²) in [6.07, 6.45) is 9.34. The van der Waals surface area contributed by atoms with Gasteiger partial charge in [-0.2, -0.15) is 0 Å². The highest BCUT2D eigenvalue weighted by molar-refractivity contribution is 5.32. The molecule has 0 aromatic carbocycles. The molecule has 3 rings (SSSR count). The Morgan fingerprint density at radius 3 is 2.83 bits per heavy atom. The standard InChI is InChI=1S/C15H22O3/c1-2-14-5-6-15(17-8-9-18-15)13(11-14)10-12(14)4-3-7-16/h2,10,13,16H,1,3-9,11H2/t13-,14-/m1/s1. The lowest BCUT2D eigenvalue weighted by atomic mass is 9.69. The number of fused-ring (bicyclic) bond motifs is 3. The smallest absolute Gasteiger partial charge is 0.174 e. The van der Waals surface area contributed by atoms with E-state index < -0.39 is 0 Å². The number of aliphatic hydroxyl groups is 1. The number of hydrogen-bond donors (Lipinski definition) is 1. The highest BCUT2D eigenvalue weighted by Gasteiger charge is 2.55. The van der Waals surface area contributed by atoms with E-state index >= 15 is 0 Å². The van der Waals surface area contributed by atoms with Crippen molar-refractivity contribution >= 4 is 0 Å². The fraction of sp³-hybridized carbons (Fsp3) is 0.733. The van der Waals surface area contributed by atoms with E-state index in [9.17, 15) is 0 Å². The third kappa shape index (κ3) is 1.68. The van der Waals surface area contributed by atoms with E-state index in [1.54, 1.807) is 0 Å². The summed E-state index contributed by atoms with van der Waals surface area (Å²) in [5.41, 5.74) is 1.58. The molecule has 0 aromatic heterocycles. The van der Waals surface area contributed by atoms with Crippen molar-refractivity contribution in [2.45, 2.75) is 37.9 Å². The van der Waals surface area contributed by atoms with Gasteiger partial charge in [-0.05, 0) is 25.7 Å². The van der Waals surface area contributed by atoms with Crippen molar-refractivity contribution in [3.8, 4) is 0 Å². The molecule has 0 amide bonds. The molecule has 2 fully saturated rings. The average molecular weight is 250 g/mol. The zero-order valence-corrected chi connectivity index (χ0v) is 10.9. The maximum atomic E-state index is 9.03. The molecule has 100 valence electrons. The van der Waals surface area contributed by atoms with Gasteiger partial charge in [-0.25, -0.2) is 0 Å². The monoisotopic (exact) mass is 250 g/mol. The Balaban J connectivity index is 1.85. The summed E-state index contributed by atoms with van der Waals surface area (Å²) in [5.74, 6) is 0.00783. The molecule has 1 saturated heterocycles. The number of hydrogen-bond acceptors (Lipinski definition) is 3. The van der Waals surface area contributed by atoms with Gasteiger partial charge in [-0.1, -0.05) is 17.7 Å². The normalized spacial score (nSPS) is 36.9. The molecule has 2 bridgehead atoms. The van der Waals surface area contributed by atoms with E-state index in [1.807, 2.05) is 0 Å². The molecule has 1 saturated carbocycles. The first-order valence-corrected chi connectivity index (χ1v) is 6.98. The van der Waals surface area contributed by atoms with Gasteiger partial charge < -0.3 is 14.6 Å². The van der Waals surface area contributed by atoms with Gasteiger partial charge in [-0.3, -0.25) is 0 Å². The van der Waals surface area contributed by atoms with Crippen LogP contribution in [0.25, 0.3) is 0 Å². The lowest BCUT2D eigenvalue weighted by Gasteiger charge is -2.42. The molecule has 0 unspecified atom stereocenters. The average Bonchev–Trinajstić information content (AvgIpc) is 2.97. The van der Waals surface area contributed by atoms with Crippen molar-refractivity contribution in [2.24, 2.45) is 11.3 Å². The largest absolute Gasteiger partial charge is 0.396 e. The third-order valence-corrected chi connectivity index (χ3v) is 4.88. The van der Waals surface area contributed by atoms with Crippen LogP contribution in [-0.4, -0.2) is 30.7 Å². The van der Waals surface area contributed by atoms with Gasteiger partial charge in [0.15, 0.2) is 5.79 Å². The Labute approximate surface area is 108 Å². The van der Waals surface area contributed by atoms with Crippen LogP contribution in [0.3, 0.4) is 0 Å². The number of allylic oxidation sites excluding steroid dienone is 2. The van der Waals surface area contributed by atoms with Gasteiger partial charge in [-0.15, -0.1) is 6.58 Å². The second-order valence-corrected chi connectivity index (χ2v) is 5.70. The zero-order chi connectivity index (χ0) is 12.6. The fourth-order valence-corrected chi connectivity index (χ4v) is 3.87. The van der Waals surface area contributed by atoms with Crippen molar-refractivity contribution in [1.29, 1.82) is 0 Å². The molecule has 3 aliphatic rings. The maximum absolute atomic E-state index is 9.03. The summed E-state index contributed by atoms with van der Waals surface area (Å²) >= 11 is 0. The molecule has 2 atom stereocenters. The Bertz CT molecular complexity index is 368. The predicted molar refractivity (Wildman–Crippen MR) is 69.0 cm³/mol. The topological polar surface area (TPSA) is 38.7 Å². The summed E-state index contributed by atoms with van der Waals surface area (Å²) in [6.45, 7) is 5.74. The maximum Gasteiger partial charge on any atom is 0.174 e. The first-order chi connectivity index (χ1) is 8.75. The van der Waals surface area contributed by atoms with Crippen molar-refractivity contribution in [2.75, 3.05) is 19.8 Å². The van der Waals surface area contributed by atoms with Gasteiger partial charge in [0.2, 0.25) is 0 Å². The molecule has 0 radical (unpaired) electrons. The van der Waals surface area contributed by atoms with Crippen molar-refractivity contribution in [3.05, 3.63) is 24.3 Å². The minimum Gasteiger partial charge on any atom is -0.396 e. The molecular weight excluding hydrogens is 228 g/mol. The molecule has 3 heteroatoms. The van der Waals surface area contributed by atoms with Crippen LogP contribution < -0.4 is 0 Å². The molecule has 0 aromatic rings. The minimum atomic E-state index is -0.354. The second kappa shape index (κ2) is 4.48. The molecular formula is C15H22O3. The first kappa shape index (κ1) is 12.4. The lowest BCUT2D eigenvalue weighted by molar-refractivity contribution is -0.205. The Hall–Kier alpha value is -0.640. The molecule has 18 heavy (non-hydrogen) atoms. The van der Waals surface area contributed by atoms with Crippen LogP contribution >= 0.6 is 0 Å². The van der Waals surface area contributed by atoms with Crippen molar-refractivity contribution < 1.29 is 14.6 Å². The van der Waals surface area contributed by atoms with Crippen LogP contribution in [0.15, 0.2) is 24.3 Å². The highest BCUT2D eigenvalue weighted by atomic mass is 16.7. The van der Waals surface area contributed by atoms with E-state index in [-0.39, 0.29) is 17.8 Å². The van der Waals surface area contributed by atoms with E-state index in [1.165, 1.54) is 5.57 Å². The molecule has 1 N–H and O–H groups in total. The second-order valence-electron chi connectivity index (χ2n) is 5.70. The molecule has 1 aliphatic heterocycles. The summed E-state index contributed by atoms with van der Waals surface area (Å²) in [7, 11) is 0. The van der Waals surface area contributed by atoms with E-state index in [2.05, 4.69) is 18.7 Å². The van der Waals surface area contributed by atoms with Crippen LogP contribution in [-0.2, 0) is 9.47 Å².